The second kappa shape index (κ2) is 4.88. The predicted octanol–water partition coefficient (Wildman–Crippen LogP) is 0.758. The van der Waals surface area contributed by atoms with Crippen LogP contribution in [0, 0.1) is 0 Å². The molecule has 2 amide bonds. The molecular weight excluding hydrogens is 256 g/mol. The minimum absolute atomic E-state index is 0.0286. The van der Waals surface area contributed by atoms with E-state index in [1.54, 1.807) is 12.1 Å². The maximum atomic E-state index is 12.1. The Labute approximate surface area is 115 Å². The van der Waals surface area contributed by atoms with Crippen molar-refractivity contribution >= 4 is 28.4 Å². The molecule has 0 saturated carbocycles. The predicted molar refractivity (Wildman–Crippen MR) is 76.2 cm³/mol. The molecule has 0 bridgehead atoms. The highest BCUT2D eigenvalue weighted by molar-refractivity contribution is 6.00. The largest absolute Gasteiger partial charge is 0.397 e. The number of para-hydroxylation sites is 1. The van der Waals surface area contributed by atoms with E-state index < -0.39 is 0 Å². The van der Waals surface area contributed by atoms with E-state index >= 15 is 0 Å². The number of amides is 2. The summed E-state index contributed by atoms with van der Waals surface area (Å²) in [7, 11) is 0. The summed E-state index contributed by atoms with van der Waals surface area (Å²) in [4.78, 5) is 26.2. The van der Waals surface area contributed by atoms with Gasteiger partial charge in [0.1, 0.15) is 5.69 Å². The number of carbonyl (C=O) groups excluding carboxylic acids is 2. The van der Waals surface area contributed by atoms with Crippen LogP contribution < -0.4 is 16.4 Å². The minimum Gasteiger partial charge on any atom is -0.397 e. The fraction of sp³-hybridized carbons (Fsp3) is 0.286. The van der Waals surface area contributed by atoms with Crippen LogP contribution in [0.1, 0.15) is 23.3 Å². The van der Waals surface area contributed by atoms with Crippen LogP contribution in [0.3, 0.4) is 0 Å². The van der Waals surface area contributed by atoms with Crippen molar-refractivity contribution in [1.29, 1.82) is 0 Å². The Morgan fingerprint density at radius 1 is 1.45 bits per heavy atom. The van der Waals surface area contributed by atoms with Crippen LogP contribution >= 0.6 is 0 Å². The van der Waals surface area contributed by atoms with Crippen LogP contribution in [-0.2, 0) is 4.79 Å². The summed E-state index contributed by atoms with van der Waals surface area (Å²) < 4.78 is 0. The van der Waals surface area contributed by atoms with Crippen molar-refractivity contribution in [3.05, 3.63) is 30.0 Å². The van der Waals surface area contributed by atoms with E-state index in [4.69, 9.17) is 5.73 Å². The lowest BCUT2D eigenvalue weighted by Crippen LogP contribution is -2.38. The number of nitrogens with one attached hydrogen (secondary N) is 3. The average Bonchev–Trinajstić information content (AvgIpc) is 3.03. The van der Waals surface area contributed by atoms with Crippen LogP contribution in [0.15, 0.2) is 24.3 Å². The highest BCUT2D eigenvalue weighted by Crippen LogP contribution is 2.21. The minimum atomic E-state index is -0.193. The second-order valence-corrected chi connectivity index (χ2v) is 5.01. The number of aromatic amines is 1. The first-order valence-electron chi connectivity index (χ1n) is 6.58. The molecule has 1 aliphatic heterocycles. The zero-order valence-corrected chi connectivity index (χ0v) is 10.9. The Balaban J connectivity index is 1.69. The van der Waals surface area contributed by atoms with Gasteiger partial charge in [-0.2, -0.15) is 0 Å². The molecule has 5 N–H and O–H groups in total. The highest BCUT2D eigenvalue weighted by atomic mass is 16.2. The van der Waals surface area contributed by atoms with Gasteiger partial charge in [-0.1, -0.05) is 12.1 Å². The smallest absolute Gasteiger partial charge is 0.267 e. The van der Waals surface area contributed by atoms with Crippen molar-refractivity contribution in [1.82, 2.24) is 15.6 Å². The molecule has 0 aliphatic carbocycles. The average molecular weight is 272 g/mol. The maximum Gasteiger partial charge on any atom is 0.267 e. The van der Waals surface area contributed by atoms with Crippen molar-refractivity contribution < 1.29 is 9.59 Å². The Morgan fingerprint density at radius 3 is 3.00 bits per heavy atom. The van der Waals surface area contributed by atoms with Gasteiger partial charge < -0.3 is 21.4 Å². The topological polar surface area (TPSA) is 100 Å². The van der Waals surface area contributed by atoms with Crippen molar-refractivity contribution in [3.8, 4) is 0 Å². The molecule has 20 heavy (non-hydrogen) atoms. The van der Waals surface area contributed by atoms with E-state index in [0.717, 1.165) is 17.3 Å². The van der Waals surface area contributed by atoms with E-state index in [0.29, 0.717) is 24.3 Å². The molecule has 0 radical (unpaired) electrons. The number of H-pyrrole nitrogens is 1. The summed E-state index contributed by atoms with van der Waals surface area (Å²) in [6, 6.07) is 7.33. The number of nitrogens with two attached hydrogens (primary N) is 1. The van der Waals surface area contributed by atoms with Crippen LogP contribution in [-0.4, -0.2) is 29.4 Å². The van der Waals surface area contributed by atoms with Crippen molar-refractivity contribution in [2.75, 3.05) is 12.3 Å². The molecule has 1 aromatic heterocycles. The molecule has 6 nitrogen and oxygen atoms in total. The van der Waals surface area contributed by atoms with Crippen LogP contribution in [0.25, 0.3) is 10.9 Å². The van der Waals surface area contributed by atoms with Gasteiger partial charge in [0.05, 0.1) is 11.2 Å². The molecule has 1 aliphatic rings. The molecule has 1 aromatic carbocycles. The zero-order valence-electron chi connectivity index (χ0n) is 10.9. The SMILES string of the molecule is Nc1cccc2cc(C(=O)NCC3CCC(=O)N3)[nH]c12. The van der Waals surface area contributed by atoms with Gasteiger partial charge in [0.25, 0.3) is 5.91 Å². The van der Waals surface area contributed by atoms with Gasteiger partial charge in [-0.05, 0) is 18.6 Å². The molecular formula is C14H16N4O2. The van der Waals surface area contributed by atoms with E-state index in [9.17, 15) is 9.59 Å². The van der Waals surface area contributed by atoms with Crippen molar-refractivity contribution in [2.45, 2.75) is 18.9 Å². The number of aromatic nitrogens is 1. The number of benzene rings is 1. The van der Waals surface area contributed by atoms with Gasteiger partial charge in [0.15, 0.2) is 0 Å². The van der Waals surface area contributed by atoms with E-state index in [1.165, 1.54) is 0 Å². The number of anilines is 1. The summed E-state index contributed by atoms with van der Waals surface area (Å²) in [6.07, 6.45) is 1.29. The van der Waals surface area contributed by atoms with Gasteiger partial charge in [-0.3, -0.25) is 9.59 Å². The lowest BCUT2D eigenvalue weighted by molar-refractivity contribution is -0.119. The summed E-state index contributed by atoms with van der Waals surface area (Å²) in [5.41, 5.74) is 7.71. The van der Waals surface area contributed by atoms with E-state index in [-0.39, 0.29) is 17.9 Å². The normalized spacial score (nSPS) is 18.2. The second-order valence-electron chi connectivity index (χ2n) is 5.01. The number of rotatable bonds is 3. The van der Waals surface area contributed by atoms with Crippen LogP contribution in [0.4, 0.5) is 5.69 Å². The van der Waals surface area contributed by atoms with Gasteiger partial charge in [0.2, 0.25) is 5.91 Å². The monoisotopic (exact) mass is 272 g/mol. The summed E-state index contributed by atoms with van der Waals surface area (Å²) in [5, 5.41) is 6.54. The number of hydrogen-bond donors (Lipinski definition) is 4. The van der Waals surface area contributed by atoms with Gasteiger partial charge >= 0.3 is 0 Å². The van der Waals surface area contributed by atoms with Crippen molar-refractivity contribution in [2.24, 2.45) is 0 Å². The first-order chi connectivity index (χ1) is 9.63. The lowest BCUT2D eigenvalue weighted by Gasteiger charge is -2.10. The fourth-order valence-corrected chi connectivity index (χ4v) is 2.44. The van der Waals surface area contributed by atoms with Crippen molar-refractivity contribution in [3.63, 3.8) is 0 Å². The number of fused-ring (bicyclic) bond motifs is 1. The standard InChI is InChI=1S/C14H16N4O2/c15-10-3-1-2-8-6-11(18-13(8)10)14(20)16-7-9-4-5-12(19)17-9/h1-3,6,9,18H,4-5,7,15H2,(H,16,20)(H,17,19). The highest BCUT2D eigenvalue weighted by Gasteiger charge is 2.21. The first kappa shape index (κ1) is 12.5. The molecule has 1 saturated heterocycles. The van der Waals surface area contributed by atoms with Gasteiger partial charge in [-0.15, -0.1) is 0 Å². The van der Waals surface area contributed by atoms with Crippen LogP contribution in [0.5, 0.6) is 0 Å². The summed E-state index contributed by atoms with van der Waals surface area (Å²) in [5.74, 6) is -0.149. The number of nitrogen functional groups attached to an aromatic ring is 1. The maximum absolute atomic E-state index is 12.1. The van der Waals surface area contributed by atoms with Gasteiger partial charge in [-0.25, -0.2) is 0 Å². The number of carbonyl (C=O) groups is 2. The Kier molecular flexibility index (Phi) is 3.06. The van der Waals surface area contributed by atoms with E-state index in [1.807, 2.05) is 12.1 Å². The Bertz CT molecular complexity index is 677. The Hall–Kier alpha value is -2.50. The number of hydrogen-bond acceptors (Lipinski definition) is 3. The Morgan fingerprint density at radius 2 is 2.30 bits per heavy atom. The molecule has 1 fully saturated rings. The first-order valence-corrected chi connectivity index (χ1v) is 6.58. The molecule has 6 heteroatoms. The molecule has 1 atom stereocenters. The third-order valence-electron chi connectivity index (χ3n) is 3.53. The zero-order chi connectivity index (χ0) is 14.1. The fourth-order valence-electron chi connectivity index (χ4n) is 2.44. The lowest BCUT2D eigenvalue weighted by atomic mass is 10.2. The molecule has 104 valence electrons. The molecule has 2 aromatic rings. The molecule has 2 heterocycles. The quantitative estimate of drug-likeness (QED) is 0.620. The molecule has 0 spiro atoms. The summed E-state index contributed by atoms with van der Waals surface area (Å²) >= 11 is 0. The van der Waals surface area contributed by atoms with Gasteiger partial charge in [0, 0.05) is 24.4 Å². The molecule has 1 unspecified atom stereocenters. The van der Waals surface area contributed by atoms with E-state index in [2.05, 4.69) is 15.6 Å². The third kappa shape index (κ3) is 2.32. The summed E-state index contributed by atoms with van der Waals surface area (Å²) in [6.45, 7) is 0.440. The molecule has 3 rings (SSSR count). The third-order valence-corrected chi connectivity index (χ3v) is 3.53. The van der Waals surface area contributed by atoms with Crippen LogP contribution in [0.2, 0.25) is 0 Å².